The third-order valence-corrected chi connectivity index (χ3v) is 7.32. The first kappa shape index (κ1) is 16.9. The van der Waals surface area contributed by atoms with Gasteiger partial charge in [-0.15, -0.1) is 0 Å². The number of carbonyl (C=O) groups is 2. The van der Waals surface area contributed by atoms with Crippen molar-refractivity contribution >= 4 is 11.8 Å². The van der Waals surface area contributed by atoms with E-state index in [1.165, 1.54) is 19.3 Å². The molecule has 136 valence electrons. The molecule has 1 spiro atoms. The third kappa shape index (κ3) is 2.65. The summed E-state index contributed by atoms with van der Waals surface area (Å²) in [5.74, 6) is -0.0959. The van der Waals surface area contributed by atoms with Crippen molar-refractivity contribution in [3.8, 4) is 6.07 Å². The summed E-state index contributed by atoms with van der Waals surface area (Å²) >= 11 is 0. The molecule has 5 nitrogen and oxygen atoms in total. The van der Waals surface area contributed by atoms with E-state index >= 15 is 0 Å². The van der Waals surface area contributed by atoms with Crippen LogP contribution in [0.4, 0.5) is 0 Å². The maximum absolute atomic E-state index is 12.9. The maximum Gasteiger partial charge on any atom is 0.245 e. The Balaban J connectivity index is 1.42. The number of nitriles is 1. The van der Waals surface area contributed by atoms with Crippen LogP contribution in [-0.4, -0.2) is 35.3 Å². The predicted octanol–water partition coefficient (Wildman–Crippen LogP) is 2.90. The standard InChI is InChI=1S/C20H29N3O2/c21-14-20(13-19(20)10-4-5-11-19)18(25)22-16-9-6-12-23(17(16)24)15-7-2-1-3-8-15/h15-16H,1-13H2,(H,22,25). The van der Waals surface area contributed by atoms with Gasteiger partial charge in [0.25, 0.3) is 0 Å². The fourth-order valence-electron chi connectivity index (χ4n) is 5.72. The molecule has 3 saturated carbocycles. The molecule has 1 heterocycles. The summed E-state index contributed by atoms with van der Waals surface area (Å²) in [4.78, 5) is 27.9. The lowest BCUT2D eigenvalue weighted by Gasteiger charge is -2.40. The smallest absolute Gasteiger partial charge is 0.245 e. The van der Waals surface area contributed by atoms with Gasteiger partial charge in [-0.1, -0.05) is 32.1 Å². The van der Waals surface area contributed by atoms with Gasteiger partial charge in [0.05, 0.1) is 6.07 Å². The van der Waals surface area contributed by atoms with Crippen molar-refractivity contribution in [1.29, 1.82) is 5.26 Å². The molecule has 0 radical (unpaired) electrons. The molecular weight excluding hydrogens is 314 g/mol. The first-order valence-electron chi connectivity index (χ1n) is 10.1. The van der Waals surface area contributed by atoms with Crippen molar-refractivity contribution in [1.82, 2.24) is 10.2 Å². The van der Waals surface area contributed by atoms with E-state index in [9.17, 15) is 14.9 Å². The lowest BCUT2D eigenvalue weighted by molar-refractivity contribution is -0.142. The summed E-state index contributed by atoms with van der Waals surface area (Å²) in [7, 11) is 0. The molecule has 4 rings (SSSR count). The minimum absolute atomic E-state index is 0.0840. The molecule has 2 amide bonds. The average molecular weight is 343 g/mol. The maximum atomic E-state index is 12.9. The van der Waals surface area contributed by atoms with Crippen LogP contribution in [0.1, 0.15) is 77.0 Å². The number of hydrogen-bond donors (Lipinski definition) is 1. The average Bonchev–Trinajstić information content (AvgIpc) is 3.03. The van der Waals surface area contributed by atoms with E-state index in [1.807, 2.05) is 4.90 Å². The van der Waals surface area contributed by atoms with Crippen LogP contribution in [0.5, 0.6) is 0 Å². The Morgan fingerprint density at radius 2 is 1.80 bits per heavy atom. The number of likely N-dealkylation sites (tertiary alicyclic amines) is 1. The first-order valence-corrected chi connectivity index (χ1v) is 10.1. The normalized spacial score (nSPS) is 34.8. The van der Waals surface area contributed by atoms with Crippen molar-refractivity contribution in [2.75, 3.05) is 6.54 Å². The van der Waals surface area contributed by atoms with Crippen molar-refractivity contribution in [2.24, 2.45) is 10.8 Å². The molecule has 25 heavy (non-hydrogen) atoms. The van der Waals surface area contributed by atoms with E-state index in [4.69, 9.17) is 0 Å². The van der Waals surface area contributed by atoms with Gasteiger partial charge in [-0.25, -0.2) is 0 Å². The van der Waals surface area contributed by atoms with Crippen LogP contribution in [0.25, 0.3) is 0 Å². The Morgan fingerprint density at radius 1 is 1.08 bits per heavy atom. The molecule has 2 atom stereocenters. The molecule has 0 aromatic carbocycles. The van der Waals surface area contributed by atoms with Crippen LogP contribution < -0.4 is 5.32 Å². The van der Waals surface area contributed by atoms with Crippen LogP contribution in [0.3, 0.4) is 0 Å². The Morgan fingerprint density at radius 3 is 2.48 bits per heavy atom. The molecule has 5 heteroatoms. The number of amides is 2. The lowest BCUT2D eigenvalue weighted by Crippen LogP contribution is -2.56. The summed E-state index contributed by atoms with van der Waals surface area (Å²) in [6.45, 7) is 0.823. The van der Waals surface area contributed by atoms with E-state index < -0.39 is 11.5 Å². The number of carbonyl (C=O) groups excluding carboxylic acids is 2. The Kier molecular flexibility index (Phi) is 4.25. The molecule has 4 aliphatic rings. The number of hydrogen-bond acceptors (Lipinski definition) is 3. The van der Waals surface area contributed by atoms with Gasteiger partial charge in [0.2, 0.25) is 11.8 Å². The molecule has 0 aromatic heterocycles. The molecule has 0 bridgehead atoms. The van der Waals surface area contributed by atoms with Gasteiger partial charge in [-0.3, -0.25) is 9.59 Å². The van der Waals surface area contributed by atoms with Crippen LogP contribution >= 0.6 is 0 Å². The Labute approximate surface area is 150 Å². The monoisotopic (exact) mass is 343 g/mol. The molecule has 4 fully saturated rings. The Hall–Kier alpha value is -1.57. The third-order valence-electron chi connectivity index (χ3n) is 7.32. The molecular formula is C20H29N3O2. The molecule has 1 saturated heterocycles. The van der Waals surface area contributed by atoms with E-state index in [2.05, 4.69) is 11.4 Å². The van der Waals surface area contributed by atoms with Gasteiger partial charge in [0.1, 0.15) is 11.5 Å². The topological polar surface area (TPSA) is 73.2 Å². The molecule has 1 aliphatic heterocycles. The molecule has 1 N–H and O–H groups in total. The fourth-order valence-corrected chi connectivity index (χ4v) is 5.72. The highest BCUT2D eigenvalue weighted by atomic mass is 16.2. The van der Waals surface area contributed by atoms with E-state index in [0.29, 0.717) is 18.9 Å². The minimum atomic E-state index is -0.864. The van der Waals surface area contributed by atoms with Crippen LogP contribution in [0, 0.1) is 22.2 Å². The molecule has 3 aliphatic carbocycles. The number of rotatable bonds is 3. The molecule has 2 unspecified atom stereocenters. The van der Waals surface area contributed by atoms with Gasteiger partial charge in [0.15, 0.2) is 0 Å². The zero-order valence-electron chi connectivity index (χ0n) is 15.1. The quantitative estimate of drug-likeness (QED) is 0.856. The zero-order valence-corrected chi connectivity index (χ0v) is 15.1. The first-order chi connectivity index (χ1) is 12.1. The lowest BCUT2D eigenvalue weighted by atomic mass is 9.90. The number of piperidine rings is 1. The fraction of sp³-hybridized carbons (Fsp3) is 0.850. The van der Waals surface area contributed by atoms with Gasteiger partial charge in [0, 0.05) is 18.0 Å². The van der Waals surface area contributed by atoms with E-state index in [0.717, 1.165) is 51.5 Å². The minimum Gasteiger partial charge on any atom is -0.343 e. The molecule has 0 aromatic rings. The summed E-state index contributed by atoms with van der Waals surface area (Å²) in [5.41, 5.74) is -0.955. The second kappa shape index (κ2) is 6.30. The Bertz CT molecular complexity index is 599. The predicted molar refractivity (Wildman–Crippen MR) is 93.3 cm³/mol. The van der Waals surface area contributed by atoms with Gasteiger partial charge in [-0.05, 0) is 44.9 Å². The largest absolute Gasteiger partial charge is 0.343 e. The summed E-state index contributed by atoms with van der Waals surface area (Å²) in [6, 6.07) is 2.26. The van der Waals surface area contributed by atoms with E-state index in [-0.39, 0.29) is 17.2 Å². The van der Waals surface area contributed by atoms with Crippen LogP contribution in [0.15, 0.2) is 0 Å². The van der Waals surface area contributed by atoms with E-state index in [1.54, 1.807) is 0 Å². The highest BCUT2D eigenvalue weighted by Gasteiger charge is 2.73. The van der Waals surface area contributed by atoms with Crippen molar-refractivity contribution in [2.45, 2.75) is 89.1 Å². The highest BCUT2D eigenvalue weighted by molar-refractivity contribution is 5.94. The highest BCUT2D eigenvalue weighted by Crippen LogP contribution is 2.71. The van der Waals surface area contributed by atoms with Crippen LogP contribution in [0.2, 0.25) is 0 Å². The van der Waals surface area contributed by atoms with Gasteiger partial charge in [-0.2, -0.15) is 5.26 Å². The zero-order chi connectivity index (χ0) is 17.5. The number of nitrogens with one attached hydrogen (secondary N) is 1. The second-order valence-electron chi connectivity index (χ2n) is 8.67. The van der Waals surface area contributed by atoms with Crippen molar-refractivity contribution in [3.05, 3.63) is 0 Å². The summed E-state index contributed by atoms with van der Waals surface area (Å²) in [6.07, 6.45) is 12.4. The van der Waals surface area contributed by atoms with Crippen molar-refractivity contribution < 1.29 is 9.59 Å². The van der Waals surface area contributed by atoms with Gasteiger partial charge < -0.3 is 10.2 Å². The summed E-state index contributed by atoms with van der Waals surface area (Å²) < 4.78 is 0. The SMILES string of the molecule is N#CC1(C(=O)NC2CCCN(C3CCCCC3)C2=O)CC12CCCC2. The summed E-state index contributed by atoms with van der Waals surface area (Å²) in [5, 5.41) is 12.7. The van der Waals surface area contributed by atoms with Gasteiger partial charge >= 0.3 is 0 Å². The second-order valence-corrected chi connectivity index (χ2v) is 8.67. The van der Waals surface area contributed by atoms with Crippen LogP contribution in [-0.2, 0) is 9.59 Å². The van der Waals surface area contributed by atoms with Crippen molar-refractivity contribution in [3.63, 3.8) is 0 Å². The number of nitrogens with zero attached hydrogens (tertiary/aromatic N) is 2.